The quantitative estimate of drug-likeness (QED) is 0.822. The highest BCUT2D eigenvalue weighted by atomic mass is 19.1. The predicted octanol–water partition coefficient (Wildman–Crippen LogP) is 2.26. The molecule has 0 aliphatic rings. The number of nitrogens with zero attached hydrogens (tertiary/aromatic N) is 2. The molecule has 0 aliphatic carbocycles. The Bertz CT molecular complexity index is 570. The van der Waals surface area contributed by atoms with E-state index >= 15 is 0 Å². The zero-order valence-corrected chi connectivity index (χ0v) is 12.5. The molecule has 2 rings (SSSR count). The number of aryl methyl sites for hydroxylation is 1. The fraction of sp³-hybridized carbons (Fsp3) is 0.438. The molecule has 114 valence electrons. The fourth-order valence-electron chi connectivity index (χ4n) is 2.34. The minimum absolute atomic E-state index is 0.101. The van der Waals surface area contributed by atoms with Crippen LogP contribution in [0, 0.1) is 11.7 Å². The first kappa shape index (κ1) is 15.7. The molecule has 0 spiro atoms. The van der Waals surface area contributed by atoms with Gasteiger partial charge in [0, 0.05) is 25.4 Å². The van der Waals surface area contributed by atoms with Crippen LogP contribution in [0.1, 0.15) is 30.5 Å². The lowest BCUT2D eigenvalue weighted by atomic mass is 10.00. The van der Waals surface area contributed by atoms with Crippen molar-refractivity contribution in [2.24, 2.45) is 13.0 Å². The number of aliphatic hydroxyl groups excluding tert-OH is 1. The average Bonchev–Trinajstić information content (AvgIpc) is 2.86. The van der Waals surface area contributed by atoms with Gasteiger partial charge in [0.25, 0.3) is 0 Å². The summed E-state index contributed by atoms with van der Waals surface area (Å²) in [5, 5.41) is 16.6. The Morgan fingerprint density at radius 3 is 2.81 bits per heavy atom. The number of aromatic nitrogens is 2. The van der Waals surface area contributed by atoms with Crippen LogP contribution < -0.4 is 5.32 Å². The molecule has 2 atom stereocenters. The van der Waals surface area contributed by atoms with Gasteiger partial charge in [-0.2, -0.15) is 5.10 Å². The maximum absolute atomic E-state index is 13.5. The van der Waals surface area contributed by atoms with Gasteiger partial charge in [0.1, 0.15) is 5.82 Å². The topological polar surface area (TPSA) is 50.1 Å². The van der Waals surface area contributed by atoms with Crippen molar-refractivity contribution in [1.29, 1.82) is 0 Å². The van der Waals surface area contributed by atoms with Crippen LogP contribution in [0.5, 0.6) is 0 Å². The van der Waals surface area contributed by atoms with E-state index in [1.807, 2.05) is 19.3 Å². The second-order valence-corrected chi connectivity index (χ2v) is 5.46. The molecule has 0 saturated heterocycles. The SMILES string of the molecule is CC(CCO)CNC(c1cccc(F)c1)c1cnn(C)c1. The first-order chi connectivity index (χ1) is 10.1. The number of nitrogens with one attached hydrogen (secondary N) is 1. The Labute approximate surface area is 124 Å². The van der Waals surface area contributed by atoms with Gasteiger partial charge in [-0.15, -0.1) is 0 Å². The lowest BCUT2D eigenvalue weighted by Gasteiger charge is -2.20. The molecule has 2 unspecified atom stereocenters. The van der Waals surface area contributed by atoms with Gasteiger partial charge in [-0.25, -0.2) is 4.39 Å². The molecule has 5 heteroatoms. The molecular weight excluding hydrogens is 269 g/mol. The first-order valence-electron chi connectivity index (χ1n) is 7.18. The molecule has 0 radical (unpaired) electrons. The molecule has 1 aromatic carbocycles. The van der Waals surface area contributed by atoms with Gasteiger partial charge < -0.3 is 10.4 Å². The number of hydrogen-bond acceptors (Lipinski definition) is 3. The summed E-state index contributed by atoms with van der Waals surface area (Å²) in [6.45, 7) is 3.01. The molecule has 2 N–H and O–H groups in total. The standard InChI is InChI=1S/C16H22FN3O/c1-12(6-7-21)9-18-16(14-10-19-20(2)11-14)13-4-3-5-15(17)8-13/h3-5,8,10-12,16,18,21H,6-7,9H2,1-2H3. The van der Waals surface area contributed by atoms with Crippen molar-refractivity contribution in [3.63, 3.8) is 0 Å². The Hall–Kier alpha value is -1.72. The van der Waals surface area contributed by atoms with Crippen LogP contribution >= 0.6 is 0 Å². The molecule has 0 saturated carbocycles. The lowest BCUT2D eigenvalue weighted by Crippen LogP contribution is -2.27. The van der Waals surface area contributed by atoms with Crippen LogP contribution in [0.25, 0.3) is 0 Å². The normalized spacial score (nSPS) is 14.1. The van der Waals surface area contributed by atoms with E-state index in [1.54, 1.807) is 23.0 Å². The van der Waals surface area contributed by atoms with Crippen molar-refractivity contribution in [2.75, 3.05) is 13.2 Å². The first-order valence-corrected chi connectivity index (χ1v) is 7.18. The van der Waals surface area contributed by atoms with E-state index in [0.717, 1.165) is 24.1 Å². The third kappa shape index (κ3) is 4.37. The van der Waals surface area contributed by atoms with Crippen molar-refractivity contribution < 1.29 is 9.50 Å². The van der Waals surface area contributed by atoms with Crippen LogP contribution in [0.4, 0.5) is 4.39 Å². The summed E-state index contributed by atoms with van der Waals surface area (Å²) in [4.78, 5) is 0. The molecule has 1 heterocycles. The van der Waals surface area contributed by atoms with Crippen LogP contribution in [0.15, 0.2) is 36.7 Å². The van der Waals surface area contributed by atoms with Crippen molar-refractivity contribution >= 4 is 0 Å². The highest BCUT2D eigenvalue weighted by molar-refractivity contribution is 5.29. The second-order valence-electron chi connectivity index (χ2n) is 5.46. The van der Waals surface area contributed by atoms with Crippen LogP contribution in [0.3, 0.4) is 0 Å². The Balaban J connectivity index is 2.18. The van der Waals surface area contributed by atoms with E-state index < -0.39 is 0 Å². The predicted molar refractivity (Wildman–Crippen MR) is 80.3 cm³/mol. The van der Waals surface area contributed by atoms with Crippen LogP contribution in [-0.2, 0) is 7.05 Å². The summed E-state index contributed by atoms with van der Waals surface area (Å²) in [6, 6.07) is 6.51. The summed E-state index contributed by atoms with van der Waals surface area (Å²) < 4.78 is 15.2. The Morgan fingerprint density at radius 2 is 2.19 bits per heavy atom. The van der Waals surface area contributed by atoms with E-state index in [2.05, 4.69) is 17.3 Å². The molecule has 0 bridgehead atoms. The zero-order valence-electron chi connectivity index (χ0n) is 12.5. The number of benzene rings is 1. The molecule has 0 amide bonds. The van der Waals surface area contributed by atoms with E-state index in [-0.39, 0.29) is 18.5 Å². The number of aliphatic hydroxyl groups is 1. The molecule has 4 nitrogen and oxygen atoms in total. The Kier molecular flexibility index (Phi) is 5.47. The van der Waals surface area contributed by atoms with Crippen molar-refractivity contribution in [1.82, 2.24) is 15.1 Å². The van der Waals surface area contributed by atoms with E-state index in [0.29, 0.717) is 5.92 Å². The molecule has 0 aliphatic heterocycles. The van der Waals surface area contributed by atoms with Crippen molar-refractivity contribution in [3.8, 4) is 0 Å². The van der Waals surface area contributed by atoms with Crippen LogP contribution in [0.2, 0.25) is 0 Å². The third-order valence-corrected chi connectivity index (χ3v) is 3.53. The van der Waals surface area contributed by atoms with Gasteiger partial charge in [-0.3, -0.25) is 4.68 Å². The molecule has 21 heavy (non-hydrogen) atoms. The van der Waals surface area contributed by atoms with Gasteiger partial charge >= 0.3 is 0 Å². The maximum Gasteiger partial charge on any atom is 0.123 e. The monoisotopic (exact) mass is 291 g/mol. The summed E-state index contributed by atoms with van der Waals surface area (Å²) in [7, 11) is 1.86. The largest absolute Gasteiger partial charge is 0.396 e. The fourth-order valence-corrected chi connectivity index (χ4v) is 2.34. The van der Waals surface area contributed by atoms with Crippen LogP contribution in [-0.4, -0.2) is 28.0 Å². The summed E-state index contributed by atoms with van der Waals surface area (Å²) in [6.07, 6.45) is 4.47. The minimum Gasteiger partial charge on any atom is -0.396 e. The third-order valence-electron chi connectivity index (χ3n) is 3.53. The highest BCUT2D eigenvalue weighted by Crippen LogP contribution is 2.22. The van der Waals surface area contributed by atoms with E-state index in [1.165, 1.54) is 6.07 Å². The summed E-state index contributed by atoms with van der Waals surface area (Å²) >= 11 is 0. The van der Waals surface area contributed by atoms with Crippen molar-refractivity contribution in [3.05, 3.63) is 53.6 Å². The molecule has 2 aromatic rings. The summed E-state index contributed by atoms with van der Waals surface area (Å²) in [5.41, 5.74) is 1.87. The van der Waals surface area contributed by atoms with Crippen molar-refractivity contribution in [2.45, 2.75) is 19.4 Å². The lowest BCUT2D eigenvalue weighted by molar-refractivity contribution is 0.259. The molecule has 1 aromatic heterocycles. The number of rotatable bonds is 7. The van der Waals surface area contributed by atoms with Gasteiger partial charge in [0.2, 0.25) is 0 Å². The van der Waals surface area contributed by atoms with Gasteiger partial charge in [-0.05, 0) is 36.6 Å². The second kappa shape index (κ2) is 7.33. The average molecular weight is 291 g/mol. The molecular formula is C16H22FN3O. The van der Waals surface area contributed by atoms with E-state index in [9.17, 15) is 4.39 Å². The van der Waals surface area contributed by atoms with Gasteiger partial charge in [-0.1, -0.05) is 19.1 Å². The van der Waals surface area contributed by atoms with Gasteiger partial charge in [0.15, 0.2) is 0 Å². The zero-order chi connectivity index (χ0) is 15.2. The molecule has 0 fully saturated rings. The minimum atomic E-state index is -0.244. The Morgan fingerprint density at radius 1 is 1.38 bits per heavy atom. The smallest absolute Gasteiger partial charge is 0.123 e. The summed E-state index contributed by atoms with van der Waals surface area (Å²) in [5.74, 6) is 0.106. The highest BCUT2D eigenvalue weighted by Gasteiger charge is 2.17. The number of hydrogen-bond donors (Lipinski definition) is 2. The van der Waals surface area contributed by atoms with E-state index in [4.69, 9.17) is 5.11 Å². The van der Waals surface area contributed by atoms with Gasteiger partial charge in [0.05, 0.1) is 12.2 Å². The maximum atomic E-state index is 13.5. The number of halogens is 1.